The topological polar surface area (TPSA) is 20.2 Å². The van der Waals surface area contributed by atoms with Crippen molar-refractivity contribution in [3.63, 3.8) is 0 Å². The van der Waals surface area contributed by atoms with Crippen LogP contribution in [0.25, 0.3) is 0 Å². The molecule has 5 heteroatoms. The smallest absolute Gasteiger partial charge is 0.0684 e. The van der Waals surface area contributed by atoms with Crippen LogP contribution >= 0.6 is 63.7 Å². The molecule has 68 valence electrons. The highest BCUT2D eigenvalue weighted by Crippen LogP contribution is 2.18. The molecule has 0 spiro atoms. The Kier molecular flexibility index (Phi) is 8.55. The minimum atomic E-state index is -0.295. The monoisotopic (exact) mass is 414 g/mol. The van der Waals surface area contributed by atoms with Gasteiger partial charge in [0.15, 0.2) is 0 Å². The molecule has 0 saturated carbocycles. The highest BCUT2D eigenvalue weighted by molar-refractivity contribution is 9.12. The van der Waals surface area contributed by atoms with Crippen molar-refractivity contribution in [2.75, 3.05) is 10.7 Å². The van der Waals surface area contributed by atoms with Crippen molar-refractivity contribution in [2.24, 2.45) is 0 Å². The molecule has 0 aromatic rings. The molecule has 0 aromatic heterocycles. The summed E-state index contributed by atoms with van der Waals surface area (Å²) in [4.78, 5) is 0.484. The van der Waals surface area contributed by atoms with E-state index in [1.165, 1.54) is 0 Å². The average Bonchev–Trinajstić information content (AvgIpc) is 2.02. The van der Waals surface area contributed by atoms with Crippen LogP contribution in [0.5, 0.6) is 0 Å². The van der Waals surface area contributed by atoms with Crippen LogP contribution in [0, 0.1) is 0 Å². The van der Waals surface area contributed by atoms with Crippen LogP contribution in [0.4, 0.5) is 0 Å². The van der Waals surface area contributed by atoms with E-state index in [0.717, 1.165) is 17.1 Å². The number of hydrogen-bond acceptors (Lipinski definition) is 1. The maximum atomic E-state index is 9.49. The van der Waals surface area contributed by atoms with Gasteiger partial charge in [-0.25, -0.2) is 0 Å². The molecular formula is C6H10Br4O. The van der Waals surface area contributed by atoms with Gasteiger partial charge in [-0.3, -0.25) is 0 Å². The number of halogens is 4. The lowest BCUT2D eigenvalue weighted by Crippen LogP contribution is -2.25. The Morgan fingerprint density at radius 1 is 1.09 bits per heavy atom. The van der Waals surface area contributed by atoms with Gasteiger partial charge in [0.25, 0.3) is 0 Å². The molecule has 1 nitrogen and oxygen atoms in total. The summed E-state index contributed by atoms with van der Waals surface area (Å²) in [5, 5.41) is 11.1. The summed E-state index contributed by atoms with van der Waals surface area (Å²) >= 11 is 13.4. The van der Waals surface area contributed by atoms with Gasteiger partial charge in [-0.1, -0.05) is 63.7 Å². The second kappa shape index (κ2) is 7.30. The second-order valence-electron chi connectivity index (χ2n) is 2.22. The zero-order valence-electron chi connectivity index (χ0n) is 5.81. The van der Waals surface area contributed by atoms with E-state index in [9.17, 15) is 5.11 Å². The van der Waals surface area contributed by atoms with Crippen LogP contribution in [0.3, 0.4) is 0 Å². The van der Waals surface area contributed by atoms with Crippen molar-refractivity contribution in [3.05, 3.63) is 0 Å². The Hall–Kier alpha value is 1.88. The number of aliphatic hydroxyl groups excluding tert-OH is 1. The molecule has 0 heterocycles. The molecule has 0 rings (SSSR count). The molecule has 11 heavy (non-hydrogen) atoms. The quantitative estimate of drug-likeness (QED) is 0.682. The summed E-state index contributed by atoms with van der Waals surface area (Å²) in [6.45, 7) is 0. The number of alkyl halides is 4. The van der Waals surface area contributed by atoms with Crippen LogP contribution in [-0.4, -0.2) is 31.5 Å². The van der Waals surface area contributed by atoms with E-state index in [2.05, 4.69) is 63.7 Å². The van der Waals surface area contributed by atoms with Crippen molar-refractivity contribution in [3.8, 4) is 0 Å². The number of aliphatic hydroxyl groups is 1. The number of hydrogen-bond donors (Lipinski definition) is 1. The molecule has 0 aliphatic heterocycles. The first-order valence-corrected chi connectivity index (χ1v) is 7.27. The molecule has 0 fully saturated rings. The molecular weight excluding hydrogens is 408 g/mol. The van der Waals surface area contributed by atoms with Gasteiger partial charge < -0.3 is 5.11 Å². The van der Waals surface area contributed by atoms with Gasteiger partial charge in [0, 0.05) is 15.5 Å². The Morgan fingerprint density at radius 2 is 1.64 bits per heavy atom. The van der Waals surface area contributed by atoms with Crippen molar-refractivity contribution in [1.82, 2.24) is 0 Å². The van der Waals surface area contributed by atoms with E-state index in [4.69, 9.17) is 0 Å². The van der Waals surface area contributed by atoms with Gasteiger partial charge in [-0.05, 0) is 6.42 Å². The first-order chi connectivity index (χ1) is 5.11. The maximum absolute atomic E-state index is 9.49. The fraction of sp³-hybridized carbons (Fsp3) is 1.00. The van der Waals surface area contributed by atoms with E-state index in [-0.39, 0.29) is 10.9 Å². The predicted octanol–water partition coefficient (Wildman–Crippen LogP) is 3.05. The zero-order chi connectivity index (χ0) is 8.85. The van der Waals surface area contributed by atoms with E-state index in [1.807, 2.05) is 0 Å². The standard InChI is InChI=1S/C6H10Br4O/c7-2-4(9)1-6(11)5(10)3-8/h4-6,11H,1-3H2. The summed E-state index contributed by atoms with van der Waals surface area (Å²) in [5.74, 6) is 0. The minimum Gasteiger partial charge on any atom is -0.392 e. The third-order valence-electron chi connectivity index (χ3n) is 1.23. The maximum Gasteiger partial charge on any atom is 0.0684 e. The van der Waals surface area contributed by atoms with E-state index >= 15 is 0 Å². The zero-order valence-corrected chi connectivity index (χ0v) is 12.2. The van der Waals surface area contributed by atoms with Gasteiger partial charge in [-0.2, -0.15) is 0 Å². The molecule has 3 unspecified atom stereocenters. The Balaban J connectivity index is 3.58. The molecule has 1 N–H and O–H groups in total. The normalized spacial score (nSPS) is 19.4. The molecule has 0 saturated heterocycles. The van der Waals surface area contributed by atoms with Crippen molar-refractivity contribution >= 4 is 63.7 Å². The summed E-state index contributed by atoms with van der Waals surface area (Å²) in [6.07, 6.45) is 0.462. The molecule has 0 aliphatic carbocycles. The molecule has 0 bridgehead atoms. The Labute approximate surface area is 101 Å². The van der Waals surface area contributed by atoms with Crippen LogP contribution in [0.1, 0.15) is 6.42 Å². The summed E-state index contributed by atoms with van der Waals surface area (Å²) < 4.78 is 0. The van der Waals surface area contributed by atoms with Gasteiger partial charge in [0.05, 0.1) is 10.9 Å². The molecule has 0 radical (unpaired) electrons. The van der Waals surface area contributed by atoms with Crippen molar-refractivity contribution < 1.29 is 5.11 Å². The molecule has 0 aromatic carbocycles. The van der Waals surface area contributed by atoms with Crippen LogP contribution in [0.15, 0.2) is 0 Å². The molecule has 0 amide bonds. The van der Waals surface area contributed by atoms with Crippen molar-refractivity contribution in [2.45, 2.75) is 22.2 Å². The van der Waals surface area contributed by atoms with Gasteiger partial charge >= 0.3 is 0 Å². The SMILES string of the molecule is OC(CC(Br)CBr)C(Br)CBr. The van der Waals surface area contributed by atoms with E-state index < -0.39 is 0 Å². The summed E-state index contributed by atoms with van der Waals surface area (Å²) in [7, 11) is 0. The Morgan fingerprint density at radius 3 is 2.00 bits per heavy atom. The fourth-order valence-corrected chi connectivity index (χ4v) is 1.87. The highest BCUT2D eigenvalue weighted by atomic mass is 79.9. The number of rotatable bonds is 5. The lowest BCUT2D eigenvalue weighted by Gasteiger charge is -2.16. The van der Waals surface area contributed by atoms with Crippen LogP contribution in [-0.2, 0) is 0 Å². The average molecular weight is 418 g/mol. The summed E-state index contributed by atoms with van der Waals surface area (Å²) in [6, 6.07) is 0. The van der Waals surface area contributed by atoms with Gasteiger partial charge in [0.2, 0.25) is 0 Å². The fourth-order valence-electron chi connectivity index (χ4n) is 0.576. The lowest BCUT2D eigenvalue weighted by atomic mass is 10.2. The highest BCUT2D eigenvalue weighted by Gasteiger charge is 2.17. The van der Waals surface area contributed by atoms with Gasteiger partial charge in [0.1, 0.15) is 0 Å². The Bertz CT molecular complexity index is 101. The second-order valence-corrected chi connectivity index (χ2v) is 5.99. The third kappa shape index (κ3) is 6.02. The third-order valence-corrected chi connectivity index (χ3v) is 6.08. The molecule has 3 atom stereocenters. The molecule has 0 aliphatic rings. The first-order valence-electron chi connectivity index (χ1n) is 3.20. The van der Waals surface area contributed by atoms with E-state index in [0.29, 0.717) is 4.83 Å². The van der Waals surface area contributed by atoms with Crippen molar-refractivity contribution in [1.29, 1.82) is 0 Å². The largest absolute Gasteiger partial charge is 0.392 e. The minimum absolute atomic E-state index is 0.140. The predicted molar refractivity (Wildman–Crippen MR) is 63.6 cm³/mol. The first kappa shape index (κ1) is 12.9. The summed E-state index contributed by atoms with van der Waals surface area (Å²) in [5.41, 5.74) is 0. The van der Waals surface area contributed by atoms with Crippen LogP contribution < -0.4 is 0 Å². The lowest BCUT2D eigenvalue weighted by molar-refractivity contribution is 0.171. The van der Waals surface area contributed by atoms with E-state index in [1.54, 1.807) is 0 Å². The van der Waals surface area contributed by atoms with Gasteiger partial charge in [-0.15, -0.1) is 0 Å². The van der Waals surface area contributed by atoms with Crippen LogP contribution in [0.2, 0.25) is 0 Å².